The van der Waals surface area contributed by atoms with E-state index in [2.05, 4.69) is 4.98 Å². The van der Waals surface area contributed by atoms with E-state index in [0.717, 1.165) is 22.4 Å². The van der Waals surface area contributed by atoms with Gasteiger partial charge in [-0.2, -0.15) is 0 Å². The first-order chi connectivity index (χ1) is 13.5. The zero-order chi connectivity index (χ0) is 20.1. The summed E-state index contributed by atoms with van der Waals surface area (Å²) in [6.07, 6.45) is 0. The average Bonchev–Trinajstić information content (AvgIpc) is 3.17. The first kappa shape index (κ1) is 19.7. The van der Waals surface area contributed by atoms with E-state index in [0.29, 0.717) is 29.7 Å². The number of hydrogen-bond donors (Lipinski definition) is 1. The Bertz CT molecular complexity index is 962. The van der Waals surface area contributed by atoms with Gasteiger partial charge in [-0.3, -0.25) is 0 Å². The van der Waals surface area contributed by atoms with Crippen LogP contribution in [0, 0.1) is 13.8 Å². The normalized spacial score (nSPS) is 10.5. The van der Waals surface area contributed by atoms with E-state index in [4.69, 9.17) is 19.3 Å². The monoisotopic (exact) mass is 399 g/mol. The van der Waals surface area contributed by atoms with Crippen molar-refractivity contribution in [3.05, 3.63) is 58.6 Å². The molecule has 1 N–H and O–H groups in total. The van der Waals surface area contributed by atoms with E-state index in [1.165, 1.54) is 16.7 Å². The summed E-state index contributed by atoms with van der Waals surface area (Å²) < 4.78 is 17.1. The molecule has 28 heavy (non-hydrogen) atoms. The quantitative estimate of drug-likeness (QED) is 0.558. The van der Waals surface area contributed by atoms with Crippen molar-refractivity contribution in [3.8, 4) is 27.8 Å². The zero-order valence-corrected chi connectivity index (χ0v) is 16.7. The van der Waals surface area contributed by atoms with Gasteiger partial charge in [0.2, 0.25) is 0 Å². The lowest BCUT2D eigenvalue weighted by atomic mass is 10.1. The van der Waals surface area contributed by atoms with Gasteiger partial charge in [0.15, 0.2) is 17.2 Å². The van der Waals surface area contributed by atoms with Crippen molar-refractivity contribution < 1.29 is 24.1 Å². The molecular weight excluding hydrogens is 378 g/mol. The van der Waals surface area contributed by atoms with Gasteiger partial charge < -0.3 is 19.3 Å². The molecule has 3 aromatic rings. The van der Waals surface area contributed by atoms with Gasteiger partial charge in [0.1, 0.15) is 24.0 Å². The number of hydrogen-bond acceptors (Lipinski definition) is 6. The summed E-state index contributed by atoms with van der Waals surface area (Å²) in [5.41, 5.74) is 2.96. The van der Waals surface area contributed by atoms with Crippen LogP contribution in [0.15, 0.2) is 41.8 Å². The Balaban J connectivity index is 1.69. The lowest BCUT2D eigenvalue weighted by molar-refractivity contribution is 0.0691. The van der Waals surface area contributed by atoms with Crippen molar-refractivity contribution in [1.82, 2.24) is 4.98 Å². The molecule has 0 unspecified atom stereocenters. The molecular formula is C21H21NO5S. The molecule has 1 heterocycles. The molecule has 0 aliphatic rings. The Hall–Kier alpha value is -3.06. The number of nitrogens with zero attached hydrogens (tertiary/aromatic N) is 1. The van der Waals surface area contributed by atoms with Crippen molar-refractivity contribution in [1.29, 1.82) is 0 Å². The van der Waals surface area contributed by atoms with E-state index < -0.39 is 5.97 Å². The summed E-state index contributed by atoms with van der Waals surface area (Å²) >= 11 is 1.27. The summed E-state index contributed by atoms with van der Waals surface area (Å²) in [6, 6.07) is 11.4. The lowest BCUT2D eigenvalue weighted by Crippen LogP contribution is -2.10. The van der Waals surface area contributed by atoms with Gasteiger partial charge in [-0.15, -0.1) is 11.3 Å². The standard InChI is InChI=1S/C21H21NO5S/c1-13-5-4-6-14(2)19(13)27-10-9-26-18-11-15(7-8-17(18)25-3)20-22-16(12-28-20)21(23)24/h4-8,11-12H,9-10H2,1-3H3,(H,23,24). The second kappa shape index (κ2) is 8.75. The molecule has 1 aromatic heterocycles. The maximum atomic E-state index is 11.0. The van der Waals surface area contributed by atoms with E-state index in [1.807, 2.05) is 38.1 Å². The van der Waals surface area contributed by atoms with E-state index in [-0.39, 0.29) is 5.69 Å². The van der Waals surface area contributed by atoms with Crippen molar-refractivity contribution >= 4 is 17.3 Å². The van der Waals surface area contributed by atoms with E-state index >= 15 is 0 Å². The minimum Gasteiger partial charge on any atom is -0.493 e. The van der Waals surface area contributed by atoms with Gasteiger partial charge in [0.05, 0.1) is 7.11 Å². The van der Waals surface area contributed by atoms with Gasteiger partial charge in [-0.05, 0) is 43.2 Å². The number of benzene rings is 2. The van der Waals surface area contributed by atoms with Crippen LogP contribution in [0.1, 0.15) is 21.6 Å². The highest BCUT2D eigenvalue weighted by atomic mass is 32.1. The van der Waals surface area contributed by atoms with Gasteiger partial charge in [-0.1, -0.05) is 18.2 Å². The maximum Gasteiger partial charge on any atom is 0.355 e. The summed E-state index contributed by atoms with van der Waals surface area (Å²) in [4.78, 5) is 15.2. The van der Waals surface area contributed by atoms with Crippen LogP contribution < -0.4 is 14.2 Å². The van der Waals surface area contributed by atoms with Crippen LogP contribution in [0.3, 0.4) is 0 Å². The van der Waals surface area contributed by atoms with Crippen molar-refractivity contribution in [2.24, 2.45) is 0 Å². The number of aromatic carboxylic acids is 1. The van der Waals surface area contributed by atoms with Crippen molar-refractivity contribution in [2.45, 2.75) is 13.8 Å². The number of carboxylic acid groups (broad SMARTS) is 1. The molecule has 0 saturated carbocycles. The molecule has 0 atom stereocenters. The van der Waals surface area contributed by atoms with Crippen LogP contribution in [0.4, 0.5) is 0 Å². The molecule has 0 amide bonds. The Kier molecular flexibility index (Phi) is 6.16. The molecule has 0 saturated heterocycles. The van der Waals surface area contributed by atoms with Crippen molar-refractivity contribution in [3.63, 3.8) is 0 Å². The molecule has 6 nitrogen and oxygen atoms in total. The fourth-order valence-corrected chi connectivity index (χ4v) is 3.54. The van der Waals surface area contributed by atoms with Gasteiger partial charge >= 0.3 is 5.97 Å². The molecule has 0 aliphatic carbocycles. The summed E-state index contributed by atoms with van der Waals surface area (Å²) in [6.45, 7) is 4.75. The summed E-state index contributed by atoms with van der Waals surface area (Å²) in [7, 11) is 1.57. The molecule has 0 aliphatic heterocycles. The van der Waals surface area contributed by atoms with Crippen LogP contribution >= 0.6 is 11.3 Å². The van der Waals surface area contributed by atoms with Crippen LogP contribution in [-0.4, -0.2) is 36.4 Å². The highest BCUT2D eigenvalue weighted by molar-refractivity contribution is 7.13. The largest absolute Gasteiger partial charge is 0.493 e. The predicted octanol–water partition coefficient (Wildman–Crippen LogP) is 4.59. The molecule has 3 rings (SSSR count). The fourth-order valence-electron chi connectivity index (χ4n) is 2.75. The summed E-state index contributed by atoms with van der Waals surface area (Å²) in [5, 5.41) is 11.2. The second-order valence-electron chi connectivity index (χ2n) is 6.13. The molecule has 0 bridgehead atoms. The Morgan fingerprint density at radius 3 is 2.43 bits per heavy atom. The third kappa shape index (κ3) is 4.43. The van der Waals surface area contributed by atoms with E-state index in [9.17, 15) is 4.79 Å². The maximum absolute atomic E-state index is 11.0. The Morgan fingerprint density at radius 1 is 1.07 bits per heavy atom. The molecule has 7 heteroatoms. The zero-order valence-electron chi connectivity index (χ0n) is 15.9. The van der Waals surface area contributed by atoms with E-state index in [1.54, 1.807) is 19.2 Å². The third-order valence-corrected chi connectivity index (χ3v) is 5.02. The number of aryl methyl sites for hydroxylation is 2. The topological polar surface area (TPSA) is 77.9 Å². The molecule has 2 aromatic carbocycles. The van der Waals surface area contributed by atoms with Crippen LogP contribution in [0.5, 0.6) is 17.2 Å². The Morgan fingerprint density at radius 2 is 1.79 bits per heavy atom. The molecule has 0 fully saturated rings. The first-order valence-electron chi connectivity index (χ1n) is 8.68. The van der Waals surface area contributed by atoms with Crippen molar-refractivity contribution in [2.75, 3.05) is 20.3 Å². The summed E-state index contributed by atoms with van der Waals surface area (Å²) in [5.74, 6) is 0.968. The SMILES string of the molecule is COc1ccc(-c2nc(C(=O)O)cs2)cc1OCCOc1c(C)cccc1C. The highest BCUT2D eigenvalue weighted by Gasteiger charge is 2.13. The van der Waals surface area contributed by atoms with Crippen LogP contribution in [0.2, 0.25) is 0 Å². The van der Waals surface area contributed by atoms with Gasteiger partial charge in [-0.25, -0.2) is 9.78 Å². The number of carboxylic acids is 1. The fraction of sp³-hybridized carbons (Fsp3) is 0.238. The number of thiazole rings is 1. The van der Waals surface area contributed by atoms with Gasteiger partial charge in [0, 0.05) is 10.9 Å². The third-order valence-electron chi connectivity index (χ3n) is 4.13. The second-order valence-corrected chi connectivity index (χ2v) is 6.98. The lowest BCUT2D eigenvalue weighted by Gasteiger charge is -2.14. The number of methoxy groups -OCH3 is 1. The minimum atomic E-state index is -1.05. The highest BCUT2D eigenvalue weighted by Crippen LogP contribution is 2.34. The first-order valence-corrected chi connectivity index (χ1v) is 9.56. The van der Waals surface area contributed by atoms with Crippen LogP contribution in [-0.2, 0) is 0 Å². The number of carbonyl (C=O) groups is 1. The number of para-hydroxylation sites is 1. The minimum absolute atomic E-state index is 0.0280. The number of ether oxygens (including phenoxy) is 3. The molecule has 0 radical (unpaired) electrons. The Labute approximate surface area is 167 Å². The molecule has 146 valence electrons. The smallest absolute Gasteiger partial charge is 0.355 e. The van der Waals surface area contributed by atoms with Gasteiger partial charge in [0.25, 0.3) is 0 Å². The number of aromatic nitrogens is 1. The number of rotatable bonds is 8. The predicted molar refractivity (Wildman–Crippen MR) is 108 cm³/mol. The average molecular weight is 399 g/mol. The molecule has 0 spiro atoms. The van der Waals surface area contributed by atoms with Crippen LogP contribution in [0.25, 0.3) is 10.6 Å².